The fraction of sp³-hybridized carbons (Fsp3) is 0.190. The number of ether oxygens (including phenoxy) is 1. The molecule has 1 aromatic heterocycles. The zero-order chi connectivity index (χ0) is 20.8. The largest absolute Gasteiger partial charge is 0.506 e. The highest BCUT2D eigenvalue weighted by Crippen LogP contribution is 2.30. The number of amides is 1. The van der Waals surface area contributed by atoms with Crippen LogP contribution in [0.25, 0.3) is 0 Å². The van der Waals surface area contributed by atoms with Crippen LogP contribution in [0.1, 0.15) is 27.7 Å². The molecule has 0 aliphatic carbocycles. The molecular weight excluding hydrogens is 412 g/mol. The molecule has 0 aliphatic heterocycles. The first kappa shape index (κ1) is 21.0. The van der Waals surface area contributed by atoms with Crippen LogP contribution in [-0.2, 0) is 6.42 Å². The third-order valence-corrected chi connectivity index (χ3v) is 5.49. The Morgan fingerprint density at radius 3 is 2.79 bits per heavy atom. The van der Waals surface area contributed by atoms with E-state index in [1.54, 1.807) is 24.6 Å². The number of thiophene rings is 1. The second kappa shape index (κ2) is 9.65. The molecular formula is C21H21ClN2O4S. The van der Waals surface area contributed by atoms with Crippen molar-refractivity contribution in [2.45, 2.75) is 12.6 Å². The zero-order valence-electron chi connectivity index (χ0n) is 15.7. The number of hydrogen-bond acceptors (Lipinski definition) is 6. The zero-order valence-corrected chi connectivity index (χ0v) is 17.3. The van der Waals surface area contributed by atoms with Crippen LogP contribution >= 0.6 is 22.9 Å². The number of aromatic hydroxyl groups is 1. The number of carbonyl (C=O) groups excluding carboxylic acids is 1. The van der Waals surface area contributed by atoms with Crippen LogP contribution in [0, 0.1) is 0 Å². The highest BCUT2D eigenvalue weighted by atomic mass is 35.5. The molecule has 29 heavy (non-hydrogen) atoms. The van der Waals surface area contributed by atoms with Crippen LogP contribution < -0.4 is 15.4 Å². The molecule has 0 saturated heterocycles. The van der Waals surface area contributed by atoms with Gasteiger partial charge in [-0.1, -0.05) is 35.9 Å². The molecule has 8 heteroatoms. The molecule has 3 rings (SSSR count). The summed E-state index contributed by atoms with van der Waals surface area (Å²) in [6, 6.07) is 13.8. The lowest BCUT2D eigenvalue weighted by Crippen LogP contribution is -2.26. The smallest absolute Gasteiger partial charge is 0.254 e. The van der Waals surface area contributed by atoms with Gasteiger partial charge in [0.05, 0.1) is 17.7 Å². The number of hydrogen-bond donors (Lipinski definition) is 4. The van der Waals surface area contributed by atoms with Gasteiger partial charge in [0.15, 0.2) is 6.23 Å². The lowest BCUT2D eigenvalue weighted by Gasteiger charge is -2.15. The number of benzene rings is 2. The van der Waals surface area contributed by atoms with Gasteiger partial charge in [-0.25, -0.2) is 0 Å². The average Bonchev–Trinajstić information content (AvgIpc) is 3.18. The Balaban J connectivity index is 1.61. The Morgan fingerprint density at radius 2 is 2.03 bits per heavy atom. The highest BCUT2D eigenvalue weighted by Gasteiger charge is 2.17. The van der Waals surface area contributed by atoms with E-state index in [4.69, 9.17) is 16.3 Å². The van der Waals surface area contributed by atoms with E-state index in [0.29, 0.717) is 29.1 Å². The van der Waals surface area contributed by atoms with E-state index in [0.717, 1.165) is 11.3 Å². The number of aliphatic hydroxyl groups is 1. The topological polar surface area (TPSA) is 90.8 Å². The molecule has 4 N–H and O–H groups in total. The summed E-state index contributed by atoms with van der Waals surface area (Å²) in [6.45, 7) is 0.449. The van der Waals surface area contributed by atoms with Gasteiger partial charge in [0, 0.05) is 12.1 Å². The van der Waals surface area contributed by atoms with Gasteiger partial charge >= 0.3 is 0 Å². The van der Waals surface area contributed by atoms with Gasteiger partial charge in [-0.15, -0.1) is 11.3 Å². The molecule has 0 bridgehead atoms. The summed E-state index contributed by atoms with van der Waals surface area (Å²) in [5.74, 6) is 0.490. The van der Waals surface area contributed by atoms with Crippen LogP contribution in [0.15, 0.2) is 53.9 Å². The van der Waals surface area contributed by atoms with Crippen molar-refractivity contribution in [3.8, 4) is 11.5 Å². The number of carbonyl (C=O) groups is 1. The predicted octanol–water partition coefficient (Wildman–Crippen LogP) is 4.19. The second-order valence-electron chi connectivity index (χ2n) is 6.24. The average molecular weight is 433 g/mol. The van der Waals surface area contributed by atoms with Crippen molar-refractivity contribution in [3.05, 3.63) is 75.6 Å². The maximum absolute atomic E-state index is 12.6. The number of para-hydroxylation sites is 1. The molecule has 0 radical (unpaired) electrons. The Hall–Kier alpha value is -2.74. The van der Waals surface area contributed by atoms with Gasteiger partial charge in [-0.3, -0.25) is 4.79 Å². The van der Waals surface area contributed by atoms with Crippen molar-refractivity contribution in [1.29, 1.82) is 0 Å². The number of phenolic OH excluding ortho intramolecular Hbond substituents is 1. The fourth-order valence-electron chi connectivity index (χ4n) is 2.82. The van der Waals surface area contributed by atoms with E-state index in [1.165, 1.54) is 23.5 Å². The standard InChI is InChI=1S/C21H21ClN2O4S/c1-28-18-5-3-2-4-13(18)8-10-23-20(27)15-9-11-29-21(15)24-19(26)14-6-7-17(25)16(22)12-14/h2-7,9,11-12,19,24-26H,8,10H2,1H3,(H,23,27). The molecule has 1 unspecified atom stereocenters. The summed E-state index contributed by atoms with van der Waals surface area (Å²) in [7, 11) is 1.62. The molecule has 6 nitrogen and oxygen atoms in total. The molecule has 1 heterocycles. The van der Waals surface area contributed by atoms with Gasteiger partial charge < -0.3 is 25.6 Å². The van der Waals surface area contributed by atoms with E-state index in [-0.39, 0.29) is 16.7 Å². The first-order valence-corrected chi connectivity index (χ1v) is 10.2. The summed E-state index contributed by atoms with van der Waals surface area (Å²) in [4.78, 5) is 12.6. The number of halogens is 1. The van der Waals surface area contributed by atoms with E-state index in [1.807, 2.05) is 24.3 Å². The quantitative estimate of drug-likeness (QED) is 0.401. The molecule has 0 saturated carbocycles. The lowest BCUT2D eigenvalue weighted by molar-refractivity contribution is 0.0955. The lowest BCUT2D eigenvalue weighted by atomic mass is 10.1. The van der Waals surface area contributed by atoms with Gasteiger partial charge in [0.25, 0.3) is 5.91 Å². The molecule has 2 aromatic carbocycles. The number of phenols is 1. The van der Waals surface area contributed by atoms with Crippen molar-refractivity contribution in [2.24, 2.45) is 0 Å². The minimum atomic E-state index is -1.08. The molecule has 1 atom stereocenters. The molecule has 0 spiro atoms. The van der Waals surface area contributed by atoms with E-state index < -0.39 is 6.23 Å². The number of anilines is 1. The van der Waals surface area contributed by atoms with E-state index in [9.17, 15) is 15.0 Å². The predicted molar refractivity (Wildman–Crippen MR) is 115 cm³/mol. The summed E-state index contributed by atoms with van der Waals surface area (Å²) in [5, 5.41) is 28.2. The number of methoxy groups -OCH3 is 1. The minimum Gasteiger partial charge on any atom is -0.506 e. The van der Waals surface area contributed by atoms with Crippen LogP contribution in [0.5, 0.6) is 11.5 Å². The van der Waals surface area contributed by atoms with Crippen LogP contribution in [0.2, 0.25) is 5.02 Å². The number of aliphatic hydroxyl groups excluding tert-OH is 1. The van der Waals surface area contributed by atoms with Crippen molar-refractivity contribution < 1.29 is 19.7 Å². The van der Waals surface area contributed by atoms with Crippen LogP contribution in [0.4, 0.5) is 5.00 Å². The first-order chi connectivity index (χ1) is 14.0. The third-order valence-electron chi connectivity index (χ3n) is 4.34. The van der Waals surface area contributed by atoms with Crippen molar-refractivity contribution in [3.63, 3.8) is 0 Å². The number of rotatable bonds is 8. The molecule has 0 aliphatic rings. The van der Waals surface area contributed by atoms with Gasteiger partial charge in [0.2, 0.25) is 0 Å². The van der Waals surface area contributed by atoms with E-state index in [2.05, 4.69) is 10.6 Å². The second-order valence-corrected chi connectivity index (χ2v) is 7.56. The first-order valence-electron chi connectivity index (χ1n) is 8.90. The van der Waals surface area contributed by atoms with Crippen molar-refractivity contribution in [2.75, 3.05) is 19.0 Å². The summed E-state index contributed by atoms with van der Waals surface area (Å²) in [6.07, 6.45) is -0.441. The van der Waals surface area contributed by atoms with Crippen molar-refractivity contribution >= 4 is 33.8 Å². The normalized spacial score (nSPS) is 11.7. The van der Waals surface area contributed by atoms with Gasteiger partial charge in [-0.05, 0) is 41.6 Å². The SMILES string of the molecule is COc1ccccc1CCNC(=O)c1ccsc1NC(O)c1ccc(O)c(Cl)c1. The molecule has 152 valence electrons. The molecule has 1 amide bonds. The minimum absolute atomic E-state index is 0.0612. The van der Waals surface area contributed by atoms with Crippen LogP contribution in [0.3, 0.4) is 0 Å². The maximum Gasteiger partial charge on any atom is 0.254 e. The molecule has 3 aromatic rings. The van der Waals surface area contributed by atoms with Crippen molar-refractivity contribution in [1.82, 2.24) is 5.32 Å². The number of nitrogens with one attached hydrogen (secondary N) is 2. The Bertz CT molecular complexity index is 992. The maximum atomic E-state index is 12.6. The van der Waals surface area contributed by atoms with Gasteiger partial charge in [0.1, 0.15) is 16.5 Å². The van der Waals surface area contributed by atoms with Gasteiger partial charge in [-0.2, -0.15) is 0 Å². The third kappa shape index (κ3) is 5.20. The Labute approximate surface area is 177 Å². The monoisotopic (exact) mass is 432 g/mol. The summed E-state index contributed by atoms with van der Waals surface area (Å²) in [5.41, 5.74) is 1.93. The Kier molecular flexibility index (Phi) is 6.98. The summed E-state index contributed by atoms with van der Waals surface area (Å²) < 4.78 is 5.32. The van der Waals surface area contributed by atoms with Crippen LogP contribution in [-0.4, -0.2) is 29.8 Å². The highest BCUT2D eigenvalue weighted by molar-refractivity contribution is 7.14. The van der Waals surface area contributed by atoms with E-state index >= 15 is 0 Å². The summed E-state index contributed by atoms with van der Waals surface area (Å²) >= 11 is 7.20. The molecule has 0 fully saturated rings. The fourth-order valence-corrected chi connectivity index (χ4v) is 3.81. The Morgan fingerprint density at radius 1 is 1.24 bits per heavy atom.